The molecule has 126 valence electrons. The molecule has 0 radical (unpaired) electrons. The van der Waals surface area contributed by atoms with E-state index in [2.05, 4.69) is 18.7 Å². The molecule has 0 bridgehead atoms. The summed E-state index contributed by atoms with van der Waals surface area (Å²) in [6.07, 6.45) is 1.40. The molecule has 1 heterocycles. The van der Waals surface area contributed by atoms with Crippen LogP contribution in [-0.2, 0) is 16.1 Å². The predicted molar refractivity (Wildman–Crippen MR) is 91.2 cm³/mol. The van der Waals surface area contributed by atoms with Crippen LogP contribution in [0.5, 0.6) is 0 Å². The Morgan fingerprint density at radius 1 is 1.30 bits per heavy atom. The van der Waals surface area contributed by atoms with Gasteiger partial charge in [0.1, 0.15) is 5.60 Å². The highest BCUT2D eigenvalue weighted by Gasteiger charge is 2.26. The van der Waals surface area contributed by atoms with E-state index in [-0.39, 0.29) is 12.2 Å². The molecule has 2 rings (SSSR count). The maximum atomic E-state index is 12.2. The second-order valence-corrected chi connectivity index (χ2v) is 7.06. The number of amides is 1. The number of nitrogens with zero attached hydrogens (tertiary/aromatic N) is 1. The molecule has 1 unspecified atom stereocenters. The molecule has 1 fully saturated rings. The van der Waals surface area contributed by atoms with Gasteiger partial charge in [-0.15, -0.1) is 0 Å². The van der Waals surface area contributed by atoms with Crippen molar-refractivity contribution in [2.45, 2.75) is 51.9 Å². The zero-order valence-electron chi connectivity index (χ0n) is 14.4. The molecule has 1 saturated heterocycles. The van der Waals surface area contributed by atoms with Crippen molar-refractivity contribution in [2.75, 3.05) is 13.1 Å². The maximum absolute atomic E-state index is 12.2. The fraction of sp³-hybridized carbons (Fsp3) is 0.526. The van der Waals surface area contributed by atoms with Gasteiger partial charge in [0.15, 0.2) is 0 Å². The van der Waals surface area contributed by atoms with Gasteiger partial charge in [-0.2, -0.15) is 0 Å². The van der Waals surface area contributed by atoms with Crippen LogP contribution >= 0.6 is 0 Å². The van der Waals surface area contributed by atoms with Crippen molar-refractivity contribution in [2.24, 2.45) is 0 Å². The summed E-state index contributed by atoms with van der Waals surface area (Å²) in [5.74, 6) is 0. The Kier molecular flexibility index (Phi) is 5.83. The molecule has 0 aliphatic carbocycles. The van der Waals surface area contributed by atoms with Crippen LogP contribution in [-0.4, -0.2) is 35.8 Å². The standard InChI is InChI=1S/C19H27NO3/c1-15-12-17(22-14-16-8-6-5-7-9-16)10-11-20(13-15)18(21)23-19(2,3)4/h5-9,17H,1,10-14H2,2-4H3. The average Bonchev–Trinajstić information content (AvgIpc) is 2.66. The fourth-order valence-electron chi connectivity index (χ4n) is 2.55. The summed E-state index contributed by atoms with van der Waals surface area (Å²) in [6, 6.07) is 10.1. The molecular weight excluding hydrogens is 290 g/mol. The number of hydrogen-bond acceptors (Lipinski definition) is 3. The van der Waals surface area contributed by atoms with Crippen LogP contribution in [0.1, 0.15) is 39.2 Å². The van der Waals surface area contributed by atoms with E-state index in [0.717, 1.165) is 24.0 Å². The van der Waals surface area contributed by atoms with E-state index in [0.29, 0.717) is 19.7 Å². The molecule has 1 atom stereocenters. The Balaban J connectivity index is 1.88. The molecule has 0 spiro atoms. The van der Waals surface area contributed by atoms with Crippen molar-refractivity contribution in [3.8, 4) is 0 Å². The van der Waals surface area contributed by atoms with Crippen LogP contribution in [0, 0.1) is 0 Å². The van der Waals surface area contributed by atoms with E-state index >= 15 is 0 Å². The summed E-state index contributed by atoms with van der Waals surface area (Å²) in [4.78, 5) is 13.9. The first kappa shape index (κ1) is 17.5. The third kappa shape index (κ3) is 6.06. The van der Waals surface area contributed by atoms with Gasteiger partial charge in [-0.25, -0.2) is 4.79 Å². The smallest absolute Gasteiger partial charge is 0.410 e. The van der Waals surface area contributed by atoms with Crippen molar-refractivity contribution in [1.29, 1.82) is 0 Å². The first-order valence-electron chi connectivity index (χ1n) is 8.13. The summed E-state index contributed by atoms with van der Waals surface area (Å²) in [7, 11) is 0. The van der Waals surface area contributed by atoms with E-state index < -0.39 is 5.60 Å². The van der Waals surface area contributed by atoms with E-state index in [1.165, 1.54) is 0 Å². The Hall–Kier alpha value is -1.81. The van der Waals surface area contributed by atoms with E-state index in [1.54, 1.807) is 4.90 Å². The van der Waals surface area contributed by atoms with E-state index in [1.807, 2.05) is 39.0 Å². The maximum Gasteiger partial charge on any atom is 0.410 e. The minimum atomic E-state index is -0.478. The number of hydrogen-bond donors (Lipinski definition) is 0. The molecule has 0 aromatic heterocycles. The molecule has 1 aliphatic heterocycles. The average molecular weight is 317 g/mol. The Morgan fingerprint density at radius 3 is 2.65 bits per heavy atom. The van der Waals surface area contributed by atoms with Crippen LogP contribution in [0.25, 0.3) is 0 Å². The number of likely N-dealkylation sites (tertiary alicyclic amines) is 1. The largest absolute Gasteiger partial charge is 0.444 e. The van der Waals surface area contributed by atoms with E-state index in [9.17, 15) is 4.79 Å². The highest BCUT2D eigenvalue weighted by molar-refractivity contribution is 5.68. The molecule has 1 aromatic carbocycles. The molecule has 0 N–H and O–H groups in total. The third-order valence-electron chi connectivity index (χ3n) is 3.63. The number of carbonyl (C=O) groups excluding carboxylic acids is 1. The normalized spacial score (nSPS) is 19.3. The molecule has 1 aliphatic rings. The monoisotopic (exact) mass is 317 g/mol. The van der Waals surface area contributed by atoms with Crippen molar-refractivity contribution in [3.05, 3.63) is 48.0 Å². The number of benzene rings is 1. The number of rotatable bonds is 3. The zero-order valence-corrected chi connectivity index (χ0v) is 14.4. The molecule has 1 aromatic rings. The lowest BCUT2D eigenvalue weighted by Crippen LogP contribution is -2.37. The van der Waals surface area contributed by atoms with Crippen LogP contribution in [0.4, 0.5) is 4.79 Å². The van der Waals surface area contributed by atoms with Gasteiger partial charge in [0.25, 0.3) is 0 Å². The molecule has 0 saturated carbocycles. The van der Waals surface area contributed by atoms with Gasteiger partial charge in [0, 0.05) is 13.1 Å². The predicted octanol–water partition coefficient (Wildman–Crippen LogP) is 4.16. The first-order chi connectivity index (χ1) is 10.8. The van der Waals surface area contributed by atoms with Gasteiger partial charge in [-0.05, 0) is 39.2 Å². The van der Waals surface area contributed by atoms with Gasteiger partial charge in [0.05, 0.1) is 12.7 Å². The van der Waals surface area contributed by atoms with Gasteiger partial charge in [-0.3, -0.25) is 0 Å². The van der Waals surface area contributed by atoms with Crippen molar-refractivity contribution < 1.29 is 14.3 Å². The topological polar surface area (TPSA) is 38.8 Å². The SMILES string of the molecule is C=C1CC(OCc2ccccc2)CCN(C(=O)OC(C)(C)C)C1. The highest BCUT2D eigenvalue weighted by atomic mass is 16.6. The lowest BCUT2D eigenvalue weighted by molar-refractivity contribution is 0.0193. The van der Waals surface area contributed by atoms with Crippen LogP contribution in [0.2, 0.25) is 0 Å². The van der Waals surface area contributed by atoms with Crippen molar-refractivity contribution >= 4 is 6.09 Å². The molecule has 4 heteroatoms. The van der Waals surface area contributed by atoms with Gasteiger partial charge < -0.3 is 14.4 Å². The molecular formula is C19H27NO3. The first-order valence-corrected chi connectivity index (χ1v) is 8.13. The minimum Gasteiger partial charge on any atom is -0.444 e. The highest BCUT2D eigenvalue weighted by Crippen LogP contribution is 2.21. The van der Waals surface area contributed by atoms with Gasteiger partial charge in [0.2, 0.25) is 0 Å². The quantitative estimate of drug-likeness (QED) is 0.786. The number of ether oxygens (including phenoxy) is 2. The van der Waals surface area contributed by atoms with E-state index in [4.69, 9.17) is 9.47 Å². The zero-order chi connectivity index (χ0) is 16.9. The summed E-state index contributed by atoms with van der Waals surface area (Å²) in [5.41, 5.74) is 1.69. The Labute approximate surface area is 139 Å². The molecule has 23 heavy (non-hydrogen) atoms. The van der Waals surface area contributed by atoms with Crippen LogP contribution < -0.4 is 0 Å². The van der Waals surface area contributed by atoms with Gasteiger partial charge in [-0.1, -0.05) is 42.5 Å². The summed E-state index contributed by atoms with van der Waals surface area (Å²) in [6.45, 7) is 11.5. The summed E-state index contributed by atoms with van der Waals surface area (Å²) < 4.78 is 11.5. The fourth-order valence-corrected chi connectivity index (χ4v) is 2.55. The Bertz CT molecular complexity index is 533. The van der Waals surface area contributed by atoms with Gasteiger partial charge >= 0.3 is 6.09 Å². The lowest BCUT2D eigenvalue weighted by atomic mass is 10.1. The van der Waals surface area contributed by atoms with Crippen LogP contribution in [0.3, 0.4) is 0 Å². The van der Waals surface area contributed by atoms with Crippen molar-refractivity contribution in [3.63, 3.8) is 0 Å². The second kappa shape index (κ2) is 7.64. The lowest BCUT2D eigenvalue weighted by Gasteiger charge is -2.26. The Morgan fingerprint density at radius 2 is 2.00 bits per heavy atom. The molecule has 1 amide bonds. The number of carbonyl (C=O) groups is 1. The van der Waals surface area contributed by atoms with Crippen molar-refractivity contribution in [1.82, 2.24) is 4.90 Å². The minimum absolute atomic E-state index is 0.0927. The summed E-state index contributed by atoms with van der Waals surface area (Å²) in [5, 5.41) is 0. The van der Waals surface area contributed by atoms with Crippen LogP contribution in [0.15, 0.2) is 42.5 Å². The molecule has 4 nitrogen and oxygen atoms in total. The second-order valence-electron chi connectivity index (χ2n) is 7.06. The third-order valence-corrected chi connectivity index (χ3v) is 3.63. The summed E-state index contributed by atoms with van der Waals surface area (Å²) >= 11 is 0.